The second-order valence-corrected chi connectivity index (χ2v) is 10.1. The van der Waals surface area contributed by atoms with Crippen molar-refractivity contribution in [3.8, 4) is 11.5 Å². The minimum atomic E-state index is -0.602. The van der Waals surface area contributed by atoms with Crippen LogP contribution in [0.1, 0.15) is 22.6 Å². The highest BCUT2D eigenvalue weighted by molar-refractivity contribution is 9.10. The molecule has 0 heterocycles. The molecule has 0 aromatic heterocycles. The van der Waals surface area contributed by atoms with Crippen LogP contribution >= 0.6 is 31.9 Å². The number of allylic oxidation sites excluding steroid dienone is 1. The summed E-state index contributed by atoms with van der Waals surface area (Å²) in [5, 5.41) is 32.0. The molecule has 0 spiro atoms. The molecule has 0 radical (unpaired) electrons. The maximum Gasteiger partial charge on any atom is 0.312 e. The van der Waals surface area contributed by atoms with Gasteiger partial charge < -0.3 is 9.84 Å². The van der Waals surface area contributed by atoms with Gasteiger partial charge in [-0.25, -0.2) is 0 Å². The summed E-state index contributed by atoms with van der Waals surface area (Å²) in [6.45, 7) is 4.04. The van der Waals surface area contributed by atoms with Gasteiger partial charge in [0.05, 0.1) is 9.85 Å². The molecule has 10 heteroatoms. The second-order valence-electron chi connectivity index (χ2n) is 8.24. The topological polar surface area (TPSA) is 116 Å². The Kier molecular flexibility index (Phi) is 11.2. The first-order chi connectivity index (χ1) is 19.2. The van der Waals surface area contributed by atoms with E-state index in [2.05, 4.69) is 38.4 Å². The third kappa shape index (κ3) is 8.36. The Hall–Kier alpha value is -4.28. The van der Waals surface area contributed by atoms with Crippen LogP contribution in [0, 0.1) is 20.2 Å². The van der Waals surface area contributed by atoms with Gasteiger partial charge in [-0.15, -0.1) is 6.58 Å². The van der Waals surface area contributed by atoms with Crippen molar-refractivity contribution in [2.24, 2.45) is 0 Å². The summed E-state index contributed by atoms with van der Waals surface area (Å²) >= 11 is 6.44. The molecule has 0 bridgehead atoms. The molecule has 0 aliphatic carbocycles. The molecule has 1 atom stereocenters. The summed E-state index contributed by atoms with van der Waals surface area (Å²) in [5.41, 5.74) is 2.04. The first-order valence-electron chi connectivity index (χ1n) is 11.8. The van der Waals surface area contributed by atoms with Crippen LogP contribution in [0.5, 0.6) is 11.5 Å². The summed E-state index contributed by atoms with van der Waals surface area (Å²) in [7, 11) is 0. The van der Waals surface area contributed by atoms with Crippen molar-refractivity contribution >= 4 is 49.3 Å². The molecule has 4 aromatic rings. The maximum absolute atomic E-state index is 11.0. The number of phenols is 1. The lowest BCUT2D eigenvalue weighted by Gasteiger charge is -2.15. The maximum atomic E-state index is 11.0. The number of aromatic hydroxyl groups is 1. The third-order valence-corrected chi connectivity index (χ3v) is 6.52. The van der Waals surface area contributed by atoms with Crippen LogP contribution < -0.4 is 4.74 Å². The Morgan fingerprint density at radius 2 is 1.45 bits per heavy atom. The van der Waals surface area contributed by atoms with Crippen LogP contribution in [0.2, 0.25) is 0 Å². The lowest BCUT2D eigenvalue weighted by molar-refractivity contribution is -0.386. The molecule has 8 nitrogen and oxygen atoms in total. The average molecular weight is 668 g/mol. The van der Waals surface area contributed by atoms with E-state index in [9.17, 15) is 25.3 Å². The first kappa shape index (κ1) is 30.3. The van der Waals surface area contributed by atoms with E-state index in [1.807, 2.05) is 72.8 Å². The number of rotatable bonds is 9. The zero-order valence-electron chi connectivity index (χ0n) is 21.0. The zero-order valence-corrected chi connectivity index (χ0v) is 24.2. The number of hydrogen-bond donors (Lipinski definition) is 1. The van der Waals surface area contributed by atoms with Gasteiger partial charge in [0.1, 0.15) is 6.61 Å². The molecule has 0 fully saturated rings. The molecule has 40 heavy (non-hydrogen) atoms. The third-order valence-electron chi connectivity index (χ3n) is 5.57. The standard InChI is InChI=1S/2C15H12BrNO3/c1-2-12(10-6-4-3-5-7-10)13-8-11(16)9-14(15(13)18)17(19)20;16-13-8-9-15(14(11-13)17(18)19)20-10-4-7-12-5-2-1-3-6-12/h2-9,12,18H,1H2;1-9,11H,10H2/b;7-4+. The highest BCUT2D eigenvalue weighted by atomic mass is 79.9. The average Bonchev–Trinajstić information content (AvgIpc) is 2.95. The number of nitro benzene ring substituents is 2. The molecule has 0 amide bonds. The van der Waals surface area contributed by atoms with Gasteiger partial charge in [0.15, 0.2) is 11.5 Å². The molecule has 0 aliphatic heterocycles. The summed E-state index contributed by atoms with van der Waals surface area (Å²) in [6, 6.07) is 26.8. The largest absolute Gasteiger partial charge is 0.502 e. The van der Waals surface area contributed by atoms with E-state index in [1.165, 1.54) is 12.1 Å². The van der Waals surface area contributed by atoms with E-state index >= 15 is 0 Å². The monoisotopic (exact) mass is 666 g/mol. The SMILES string of the molecule is C=CC(c1ccccc1)c1cc(Br)cc([N+](=O)[O-])c1O.O=[N+]([O-])c1cc(Br)ccc1OC/C=C/c1ccccc1. The number of ether oxygens (including phenoxy) is 1. The number of benzene rings is 4. The number of halogens is 2. The lowest BCUT2D eigenvalue weighted by Crippen LogP contribution is -2.00. The van der Waals surface area contributed by atoms with E-state index in [0.29, 0.717) is 14.5 Å². The van der Waals surface area contributed by atoms with Crippen molar-refractivity contribution in [1.29, 1.82) is 0 Å². The van der Waals surface area contributed by atoms with Crippen LogP contribution in [0.4, 0.5) is 11.4 Å². The fraction of sp³-hybridized carbons (Fsp3) is 0.0667. The van der Waals surface area contributed by atoms with Crippen LogP contribution in [0.3, 0.4) is 0 Å². The van der Waals surface area contributed by atoms with Crippen molar-refractivity contribution in [2.75, 3.05) is 6.61 Å². The zero-order chi connectivity index (χ0) is 29.1. The van der Waals surface area contributed by atoms with E-state index < -0.39 is 9.85 Å². The lowest BCUT2D eigenvalue weighted by atomic mass is 9.90. The van der Waals surface area contributed by atoms with Crippen LogP contribution in [0.25, 0.3) is 6.08 Å². The number of nitro groups is 2. The predicted molar refractivity (Wildman–Crippen MR) is 163 cm³/mol. The van der Waals surface area contributed by atoms with Crippen molar-refractivity contribution in [2.45, 2.75) is 5.92 Å². The number of hydrogen-bond acceptors (Lipinski definition) is 6. The van der Waals surface area contributed by atoms with Gasteiger partial charge in [-0.05, 0) is 35.4 Å². The summed E-state index contributed by atoms with van der Waals surface area (Å²) < 4.78 is 6.62. The number of phenolic OH excluding ortho intramolecular Hbond substituents is 1. The molecule has 4 aromatic carbocycles. The van der Waals surface area contributed by atoms with Gasteiger partial charge >= 0.3 is 11.4 Å². The molecule has 204 valence electrons. The smallest absolute Gasteiger partial charge is 0.312 e. The molecular weight excluding hydrogens is 644 g/mol. The quantitative estimate of drug-likeness (QED) is 0.108. The van der Waals surface area contributed by atoms with Crippen LogP contribution in [-0.2, 0) is 0 Å². The molecule has 4 rings (SSSR count). The fourth-order valence-corrected chi connectivity index (χ4v) is 4.54. The van der Waals surface area contributed by atoms with E-state index in [0.717, 1.165) is 11.1 Å². The second kappa shape index (κ2) is 14.8. The normalized spacial score (nSPS) is 11.2. The first-order valence-corrected chi connectivity index (χ1v) is 13.4. The summed E-state index contributed by atoms with van der Waals surface area (Å²) in [4.78, 5) is 20.8. The Morgan fingerprint density at radius 3 is 2.05 bits per heavy atom. The molecule has 1 unspecified atom stereocenters. The Balaban J connectivity index is 0.000000220. The Morgan fingerprint density at radius 1 is 0.850 bits per heavy atom. The van der Waals surface area contributed by atoms with Crippen molar-refractivity contribution < 1.29 is 19.7 Å². The Bertz CT molecular complexity index is 1510. The fourth-order valence-electron chi connectivity index (χ4n) is 3.73. The van der Waals surface area contributed by atoms with Crippen molar-refractivity contribution in [1.82, 2.24) is 0 Å². The van der Waals surface area contributed by atoms with Crippen molar-refractivity contribution in [3.63, 3.8) is 0 Å². The molecule has 0 saturated heterocycles. The summed E-state index contributed by atoms with van der Waals surface area (Å²) in [5.74, 6) is -0.379. The van der Waals surface area contributed by atoms with Gasteiger partial charge in [0.25, 0.3) is 0 Å². The minimum Gasteiger partial charge on any atom is -0.502 e. The van der Waals surface area contributed by atoms with Gasteiger partial charge in [-0.3, -0.25) is 20.2 Å². The highest BCUT2D eigenvalue weighted by Crippen LogP contribution is 2.40. The van der Waals surface area contributed by atoms with E-state index in [-0.39, 0.29) is 35.4 Å². The van der Waals surface area contributed by atoms with Crippen LogP contribution in [-0.4, -0.2) is 21.6 Å². The van der Waals surface area contributed by atoms with E-state index in [1.54, 1.807) is 24.3 Å². The minimum absolute atomic E-state index is 0.0486. The number of nitrogens with zero attached hydrogens (tertiary/aromatic N) is 2. The molecule has 1 N–H and O–H groups in total. The summed E-state index contributed by atoms with van der Waals surface area (Å²) in [6.07, 6.45) is 5.38. The van der Waals surface area contributed by atoms with Gasteiger partial charge in [0.2, 0.25) is 0 Å². The highest BCUT2D eigenvalue weighted by Gasteiger charge is 2.23. The predicted octanol–water partition coefficient (Wildman–Crippen LogP) is 8.83. The van der Waals surface area contributed by atoms with Gasteiger partial charge in [-0.1, -0.05) is 105 Å². The molecule has 0 saturated carbocycles. The Labute approximate surface area is 247 Å². The van der Waals surface area contributed by atoms with E-state index in [4.69, 9.17) is 4.74 Å². The molecule has 0 aliphatic rings. The van der Waals surface area contributed by atoms with Crippen LogP contribution in [0.15, 0.2) is 119 Å². The van der Waals surface area contributed by atoms with Gasteiger partial charge in [0, 0.05) is 32.6 Å². The van der Waals surface area contributed by atoms with Gasteiger partial charge in [-0.2, -0.15) is 0 Å². The van der Waals surface area contributed by atoms with Crippen molar-refractivity contribution in [3.05, 3.63) is 156 Å². The molecular formula is C30H24Br2N2O6.